The Balaban J connectivity index is 3.04. The molecule has 0 spiro atoms. The summed E-state index contributed by atoms with van der Waals surface area (Å²) in [7, 11) is 0. The van der Waals surface area contributed by atoms with Gasteiger partial charge >= 0.3 is 5.51 Å². The third-order valence-corrected chi connectivity index (χ3v) is 3.06. The standard InChI is InChI=1S/C8H5Cl2F3S/c1-4-2-7(14-8(11,12)13)6(10)3-5(4)9/h2-3H,1H3. The smallest absolute Gasteiger partial charge is 0.160 e. The van der Waals surface area contributed by atoms with E-state index in [0.717, 1.165) is 0 Å². The topological polar surface area (TPSA) is 0 Å². The van der Waals surface area contributed by atoms with Crippen LogP contribution in [0.1, 0.15) is 5.56 Å². The fourth-order valence-electron chi connectivity index (χ4n) is 0.834. The molecule has 0 N–H and O–H groups in total. The number of hydrogen-bond donors (Lipinski definition) is 0. The van der Waals surface area contributed by atoms with Crippen molar-refractivity contribution >= 4 is 35.0 Å². The summed E-state index contributed by atoms with van der Waals surface area (Å²) >= 11 is 11.0. The van der Waals surface area contributed by atoms with E-state index in [2.05, 4.69) is 0 Å². The molecule has 0 aliphatic rings. The van der Waals surface area contributed by atoms with Gasteiger partial charge in [0, 0.05) is 9.92 Å². The van der Waals surface area contributed by atoms with E-state index in [1.807, 2.05) is 0 Å². The van der Waals surface area contributed by atoms with Gasteiger partial charge in [-0.2, -0.15) is 13.2 Å². The largest absolute Gasteiger partial charge is 0.446 e. The quantitative estimate of drug-likeness (QED) is 0.647. The van der Waals surface area contributed by atoms with E-state index >= 15 is 0 Å². The summed E-state index contributed by atoms with van der Waals surface area (Å²) in [6, 6.07) is 2.63. The second kappa shape index (κ2) is 4.21. The molecule has 0 amide bonds. The third-order valence-electron chi connectivity index (χ3n) is 1.44. The van der Waals surface area contributed by atoms with Gasteiger partial charge in [0.2, 0.25) is 0 Å². The lowest BCUT2D eigenvalue weighted by molar-refractivity contribution is -0.0328. The van der Waals surface area contributed by atoms with Crippen molar-refractivity contribution in [1.82, 2.24) is 0 Å². The molecule has 0 unspecified atom stereocenters. The first kappa shape index (κ1) is 12.0. The highest BCUT2D eigenvalue weighted by molar-refractivity contribution is 8.00. The van der Waals surface area contributed by atoms with Crippen LogP contribution in [0.5, 0.6) is 0 Å². The number of rotatable bonds is 1. The van der Waals surface area contributed by atoms with Crippen LogP contribution in [0.4, 0.5) is 13.2 Å². The molecule has 0 atom stereocenters. The predicted molar refractivity (Wildman–Crippen MR) is 53.1 cm³/mol. The van der Waals surface area contributed by atoms with E-state index in [4.69, 9.17) is 23.2 Å². The van der Waals surface area contributed by atoms with Gasteiger partial charge in [0.15, 0.2) is 0 Å². The first-order valence-electron chi connectivity index (χ1n) is 3.51. The highest BCUT2D eigenvalue weighted by Gasteiger charge is 2.30. The van der Waals surface area contributed by atoms with Crippen molar-refractivity contribution in [2.24, 2.45) is 0 Å². The molecule has 0 aromatic heterocycles. The monoisotopic (exact) mass is 260 g/mol. The molecule has 0 bridgehead atoms. The van der Waals surface area contributed by atoms with Gasteiger partial charge in [-0.15, -0.1) is 0 Å². The minimum absolute atomic E-state index is 0.0166. The molecular formula is C8H5Cl2F3S. The minimum atomic E-state index is -4.33. The van der Waals surface area contributed by atoms with Crippen LogP contribution >= 0.6 is 35.0 Å². The number of alkyl halides is 3. The second-order valence-electron chi connectivity index (χ2n) is 2.58. The van der Waals surface area contributed by atoms with E-state index in [1.54, 1.807) is 6.92 Å². The Kier molecular flexibility index (Phi) is 3.61. The van der Waals surface area contributed by atoms with Crippen molar-refractivity contribution in [3.05, 3.63) is 27.7 Å². The van der Waals surface area contributed by atoms with Crippen LogP contribution in [-0.4, -0.2) is 5.51 Å². The molecular weight excluding hydrogens is 256 g/mol. The number of hydrogen-bond acceptors (Lipinski definition) is 1. The molecule has 14 heavy (non-hydrogen) atoms. The number of halogens is 5. The van der Waals surface area contributed by atoms with Gasteiger partial charge in [0.05, 0.1) is 5.02 Å². The minimum Gasteiger partial charge on any atom is -0.160 e. The fourth-order valence-corrected chi connectivity index (χ4v) is 1.97. The van der Waals surface area contributed by atoms with Crippen LogP contribution < -0.4 is 0 Å². The van der Waals surface area contributed by atoms with E-state index < -0.39 is 5.51 Å². The zero-order valence-corrected chi connectivity index (χ0v) is 9.28. The highest BCUT2D eigenvalue weighted by Crippen LogP contribution is 2.41. The maximum atomic E-state index is 12.0. The molecule has 0 fully saturated rings. The molecule has 78 valence electrons. The van der Waals surface area contributed by atoms with Gasteiger partial charge in [0.1, 0.15) is 0 Å². The molecule has 1 rings (SSSR count). The predicted octanol–water partition coefficient (Wildman–Crippen LogP) is 4.91. The van der Waals surface area contributed by atoms with Crippen molar-refractivity contribution in [3.63, 3.8) is 0 Å². The maximum absolute atomic E-state index is 12.0. The van der Waals surface area contributed by atoms with Crippen molar-refractivity contribution < 1.29 is 13.2 Å². The molecule has 0 nitrogen and oxygen atoms in total. The van der Waals surface area contributed by atoms with Gasteiger partial charge in [-0.1, -0.05) is 23.2 Å². The lowest BCUT2D eigenvalue weighted by atomic mass is 10.2. The Bertz CT molecular complexity index is 349. The lowest BCUT2D eigenvalue weighted by Crippen LogP contribution is -1.99. The Morgan fingerprint density at radius 1 is 1.14 bits per heavy atom. The first-order chi connectivity index (χ1) is 6.29. The second-order valence-corrected chi connectivity index (χ2v) is 4.50. The molecule has 0 heterocycles. The van der Waals surface area contributed by atoms with E-state index in [0.29, 0.717) is 10.6 Å². The van der Waals surface area contributed by atoms with Crippen LogP contribution in [0.15, 0.2) is 17.0 Å². The van der Waals surface area contributed by atoms with Gasteiger partial charge in [-0.3, -0.25) is 0 Å². The van der Waals surface area contributed by atoms with E-state index in [-0.39, 0.29) is 21.7 Å². The summed E-state index contributed by atoms with van der Waals surface area (Å²) in [6.07, 6.45) is 0. The Morgan fingerprint density at radius 3 is 2.21 bits per heavy atom. The molecule has 6 heteroatoms. The van der Waals surface area contributed by atoms with Gasteiger partial charge in [-0.25, -0.2) is 0 Å². The average Bonchev–Trinajstić information content (AvgIpc) is 1.97. The molecule has 1 aromatic carbocycles. The average molecular weight is 261 g/mol. The van der Waals surface area contributed by atoms with Crippen LogP contribution in [-0.2, 0) is 0 Å². The number of aryl methyl sites for hydroxylation is 1. The summed E-state index contributed by atoms with van der Waals surface area (Å²) in [5, 5.41) is 0.379. The summed E-state index contributed by atoms with van der Waals surface area (Å²) < 4.78 is 36.1. The van der Waals surface area contributed by atoms with Crippen LogP contribution in [0.3, 0.4) is 0 Å². The fraction of sp³-hybridized carbons (Fsp3) is 0.250. The van der Waals surface area contributed by atoms with Crippen LogP contribution in [0, 0.1) is 6.92 Å². The normalized spacial score (nSPS) is 11.9. The SMILES string of the molecule is Cc1cc(SC(F)(F)F)c(Cl)cc1Cl. The zero-order chi connectivity index (χ0) is 10.9. The van der Waals surface area contributed by atoms with Crippen molar-refractivity contribution in [1.29, 1.82) is 0 Å². The van der Waals surface area contributed by atoms with Crippen molar-refractivity contribution in [3.8, 4) is 0 Å². The zero-order valence-electron chi connectivity index (χ0n) is 6.95. The summed E-state index contributed by atoms with van der Waals surface area (Å²) in [4.78, 5) is -0.0268. The first-order valence-corrected chi connectivity index (χ1v) is 5.08. The van der Waals surface area contributed by atoms with Gasteiger partial charge in [-0.05, 0) is 36.4 Å². The molecule has 1 aromatic rings. The number of thioether (sulfide) groups is 1. The molecule has 0 aliphatic heterocycles. The maximum Gasteiger partial charge on any atom is 0.446 e. The Hall–Kier alpha value is -0.0600. The van der Waals surface area contributed by atoms with Gasteiger partial charge in [0.25, 0.3) is 0 Å². The Labute approximate surface area is 93.4 Å². The van der Waals surface area contributed by atoms with E-state index in [1.165, 1.54) is 12.1 Å². The van der Waals surface area contributed by atoms with Gasteiger partial charge < -0.3 is 0 Å². The van der Waals surface area contributed by atoms with Crippen molar-refractivity contribution in [2.45, 2.75) is 17.3 Å². The number of benzene rings is 1. The summed E-state index contributed by atoms with van der Waals surface area (Å²) in [5.41, 5.74) is -3.76. The summed E-state index contributed by atoms with van der Waals surface area (Å²) in [6.45, 7) is 1.62. The lowest BCUT2D eigenvalue weighted by Gasteiger charge is -2.08. The Morgan fingerprint density at radius 2 is 1.71 bits per heavy atom. The third kappa shape index (κ3) is 3.26. The highest BCUT2D eigenvalue weighted by atomic mass is 35.5. The molecule has 0 radical (unpaired) electrons. The van der Waals surface area contributed by atoms with E-state index in [9.17, 15) is 13.2 Å². The summed E-state index contributed by atoms with van der Waals surface area (Å²) in [5.74, 6) is 0. The van der Waals surface area contributed by atoms with Crippen LogP contribution in [0.25, 0.3) is 0 Å². The molecule has 0 saturated heterocycles. The van der Waals surface area contributed by atoms with Crippen molar-refractivity contribution in [2.75, 3.05) is 0 Å². The molecule has 0 saturated carbocycles. The molecule has 0 aliphatic carbocycles. The van der Waals surface area contributed by atoms with Crippen LogP contribution in [0.2, 0.25) is 10.0 Å².